The number of aliphatic hydroxyl groups excluding tert-OH is 3. The minimum atomic E-state index is -0.924. The number of nitrogens with one attached hydrogen (secondary N) is 2. The molecule has 0 aromatic carbocycles. The highest BCUT2D eigenvalue weighted by Gasteiger charge is 2.32. The molecule has 0 aromatic heterocycles. The van der Waals surface area contributed by atoms with E-state index in [9.17, 15) is 0 Å². The van der Waals surface area contributed by atoms with Gasteiger partial charge in [0.2, 0.25) is 0 Å². The summed E-state index contributed by atoms with van der Waals surface area (Å²) < 4.78 is 0. The first-order valence-corrected chi connectivity index (χ1v) is 4.07. The summed E-state index contributed by atoms with van der Waals surface area (Å²) in [7, 11) is 0. The van der Waals surface area contributed by atoms with E-state index in [1.54, 1.807) is 0 Å². The molecule has 0 aliphatic carbocycles. The van der Waals surface area contributed by atoms with Gasteiger partial charge in [0.15, 0.2) is 0 Å². The molecule has 5 nitrogen and oxygen atoms in total. The topological polar surface area (TPSA) is 84.8 Å². The van der Waals surface area contributed by atoms with Gasteiger partial charge in [0.1, 0.15) is 0 Å². The molecule has 0 saturated carbocycles. The summed E-state index contributed by atoms with van der Waals surface area (Å²) in [6.45, 7) is 0.882. The maximum atomic E-state index is 8.94. The van der Waals surface area contributed by atoms with Crippen LogP contribution in [0.1, 0.15) is 0 Å². The zero-order valence-corrected chi connectivity index (χ0v) is 6.95. The van der Waals surface area contributed by atoms with Crippen LogP contribution in [0.15, 0.2) is 0 Å². The van der Waals surface area contributed by atoms with Crippen LogP contribution >= 0.6 is 0 Å². The molecular formula is C7H16N2O3. The molecule has 12 heavy (non-hydrogen) atoms. The Morgan fingerprint density at radius 1 is 1.17 bits per heavy atom. The van der Waals surface area contributed by atoms with E-state index < -0.39 is 5.54 Å². The molecule has 1 aliphatic rings. The molecule has 0 amide bonds. The summed E-state index contributed by atoms with van der Waals surface area (Å²) in [4.78, 5) is 0. The van der Waals surface area contributed by atoms with E-state index >= 15 is 0 Å². The predicted molar refractivity (Wildman–Crippen MR) is 43.8 cm³/mol. The summed E-state index contributed by atoms with van der Waals surface area (Å²) >= 11 is 0. The Morgan fingerprint density at radius 3 is 1.92 bits per heavy atom. The van der Waals surface area contributed by atoms with Gasteiger partial charge in [0, 0.05) is 19.1 Å². The van der Waals surface area contributed by atoms with Crippen molar-refractivity contribution in [3.8, 4) is 0 Å². The Bertz CT molecular complexity index is 126. The van der Waals surface area contributed by atoms with Crippen molar-refractivity contribution >= 4 is 0 Å². The third-order valence-corrected chi connectivity index (χ3v) is 2.20. The van der Waals surface area contributed by atoms with Gasteiger partial charge in [-0.2, -0.15) is 0 Å². The number of hydrogen-bond acceptors (Lipinski definition) is 5. The van der Waals surface area contributed by atoms with Gasteiger partial charge in [-0.1, -0.05) is 0 Å². The summed E-state index contributed by atoms with van der Waals surface area (Å²) in [5, 5.41) is 32.9. The van der Waals surface area contributed by atoms with Gasteiger partial charge in [0.25, 0.3) is 0 Å². The summed E-state index contributed by atoms with van der Waals surface area (Å²) in [6.07, 6.45) is 0. The fourth-order valence-electron chi connectivity index (χ4n) is 1.11. The summed E-state index contributed by atoms with van der Waals surface area (Å²) in [6, 6.07) is 0.247. The van der Waals surface area contributed by atoms with Crippen molar-refractivity contribution in [3.63, 3.8) is 0 Å². The van der Waals surface area contributed by atoms with Crippen LogP contribution in [0.4, 0.5) is 0 Å². The van der Waals surface area contributed by atoms with E-state index in [2.05, 4.69) is 10.6 Å². The van der Waals surface area contributed by atoms with Crippen LogP contribution < -0.4 is 10.6 Å². The van der Waals surface area contributed by atoms with E-state index in [0.717, 1.165) is 13.1 Å². The van der Waals surface area contributed by atoms with E-state index in [1.165, 1.54) is 0 Å². The van der Waals surface area contributed by atoms with Crippen LogP contribution in [0.2, 0.25) is 0 Å². The second kappa shape index (κ2) is 4.15. The van der Waals surface area contributed by atoms with E-state index in [-0.39, 0.29) is 25.9 Å². The molecule has 0 atom stereocenters. The molecule has 0 bridgehead atoms. The fraction of sp³-hybridized carbons (Fsp3) is 1.00. The smallest absolute Gasteiger partial charge is 0.0884 e. The van der Waals surface area contributed by atoms with Crippen molar-refractivity contribution in [1.29, 1.82) is 0 Å². The highest BCUT2D eigenvalue weighted by Crippen LogP contribution is 2.05. The van der Waals surface area contributed by atoms with E-state index in [0.29, 0.717) is 0 Å². The van der Waals surface area contributed by atoms with Crippen LogP contribution in [0.25, 0.3) is 0 Å². The van der Waals surface area contributed by atoms with Gasteiger partial charge in [-0.3, -0.25) is 5.32 Å². The minimum absolute atomic E-state index is 0.247. The Balaban J connectivity index is 2.39. The third kappa shape index (κ3) is 1.94. The SMILES string of the molecule is OCC(CO)(CO)NC1CNC1. The third-order valence-electron chi connectivity index (χ3n) is 2.20. The van der Waals surface area contributed by atoms with Crippen molar-refractivity contribution in [1.82, 2.24) is 10.6 Å². The quantitative estimate of drug-likeness (QED) is 0.314. The first-order valence-electron chi connectivity index (χ1n) is 4.07. The molecule has 5 heteroatoms. The molecular weight excluding hydrogens is 160 g/mol. The molecule has 0 aromatic rings. The van der Waals surface area contributed by atoms with Gasteiger partial charge in [0.05, 0.1) is 25.4 Å². The van der Waals surface area contributed by atoms with E-state index in [1.807, 2.05) is 0 Å². The van der Waals surface area contributed by atoms with Crippen LogP contribution in [0.3, 0.4) is 0 Å². The maximum Gasteiger partial charge on any atom is 0.0884 e. The normalized spacial score (nSPS) is 19.2. The molecule has 72 valence electrons. The number of aliphatic hydroxyl groups is 3. The molecule has 1 saturated heterocycles. The maximum absolute atomic E-state index is 8.94. The number of hydrogen-bond donors (Lipinski definition) is 5. The average molecular weight is 176 g/mol. The molecule has 1 fully saturated rings. The van der Waals surface area contributed by atoms with Crippen LogP contribution in [0, 0.1) is 0 Å². The van der Waals surface area contributed by atoms with Gasteiger partial charge >= 0.3 is 0 Å². The summed E-state index contributed by atoms with van der Waals surface area (Å²) in [5.74, 6) is 0. The summed E-state index contributed by atoms with van der Waals surface area (Å²) in [5.41, 5.74) is -0.924. The van der Waals surface area contributed by atoms with Crippen LogP contribution in [-0.2, 0) is 0 Å². The molecule has 5 N–H and O–H groups in total. The Morgan fingerprint density at radius 2 is 1.67 bits per heavy atom. The van der Waals surface area contributed by atoms with Crippen LogP contribution in [-0.4, -0.2) is 59.8 Å². The number of rotatable bonds is 5. The predicted octanol–water partition coefficient (Wildman–Crippen LogP) is -2.74. The lowest BCUT2D eigenvalue weighted by atomic mass is 10.00. The molecule has 0 spiro atoms. The highest BCUT2D eigenvalue weighted by molar-refractivity contribution is 4.94. The zero-order valence-electron chi connectivity index (χ0n) is 6.95. The Labute approximate surface area is 71.4 Å². The van der Waals surface area contributed by atoms with Crippen molar-refractivity contribution in [2.75, 3.05) is 32.9 Å². The zero-order chi connectivity index (χ0) is 9.03. The molecule has 1 heterocycles. The first kappa shape index (κ1) is 9.88. The van der Waals surface area contributed by atoms with Crippen molar-refractivity contribution < 1.29 is 15.3 Å². The Kier molecular flexibility index (Phi) is 3.42. The standard InChI is InChI=1S/C7H16N2O3/c10-3-7(4-11,5-12)9-6-1-8-2-6/h6,8-12H,1-5H2. The van der Waals surface area contributed by atoms with E-state index in [4.69, 9.17) is 15.3 Å². The Hall–Kier alpha value is -0.200. The van der Waals surface area contributed by atoms with Gasteiger partial charge in [-0.05, 0) is 0 Å². The fourth-order valence-corrected chi connectivity index (χ4v) is 1.11. The van der Waals surface area contributed by atoms with Crippen LogP contribution in [0.5, 0.6) is 0 Å². The monoisotopic (exact) mass is 176 g/mol. The lowest BCUT2D eigenvalue weighted by molar-refractivity contribution is 0.0291. The van der Waals surface area contributed by atoms with Crippen molar-refractivity contribution in [2.45, 2.75) is 11.6 Å². The van der Waals surface area contributed by atoms with Gasteiger partial charge in [-0.15, -0.1) is 0 Å². The average Bonchev–Trinajstić information content (AvgIpc) is 2.05. The second-order valence-corrected chi connectivity index (χ2v) is 3.25. The second-order valence-electron chi connectivity index (χ2n) is 3.25. The molecule has 0 unspecified atom stereocenters. The van der Waals surface area contributed by atoms with Gasteiger partial charge < -0.3 is 20.6 Å². The van der Waals surface area contributed by atoms with Crippen molar-refractivity contribution in [3.05, 3.63) is 0 Å². The minimum Gasteiger partial charge on any atom is -0.394 e. The highest BCUT2D eigenvalue weighted by atomic mass is 16.3. The molecule has 0 radical (unpaired) electrons. The lowest BCUT2D eigenvalue weighted by Gasteiger charge is -2.38. The largest absolute Gasteiger partial charge is 0.394 e. The molecule has 1 aliphatic heterocycles. The molecule has 1 rings (SSSR count). The first-order chi connectivity index (χ1) is 5.76. The lowest BCUT2D eigenvalue weighted by Crippen LogP contribution is -2.66. The van der Waals surface area contributed by atoms with Crippen molar-refractivity contribution in [2.24, 2.45) is 0 Å². The van der Waals surface area contributed by atoms with Gasteiger partial charge in [-0.25, -0.2) is 0 Å².